The van der Waals surface area contributed by atoms with Gasteiger partial charge >= 0.3 is 5.97 Å². The normalized spacial score (nSPS) is 5.83. The van der Waals surface area contributed by atoms with Gasteiger partial charge in [0.15, 0.2) is 0 Å². The second kappa shape index (κ2) is 22.7. The predicted octanol–water partition coefficient (Wildman–Crippen LogP) is 0.366. The van der Waals surface area contributed by atoms with Gasteiger partial charge in [0.1, 0.15) is 0 Å². The third-order valence-electron chi connectivity index (χ3n) is 0.341. The largest absolute Gasteiger partial charge is 0.478 e. The van der Waals surface area contributed by atoms with Gasteiger partial charge in [-0.3, -0.25) is 0 Å². The first-order chi connectivity index (χ1) is 5.60. The van der Waals surface area contributed by atoms with Gasteiger partial charge in [-0.25, -0.2) is 9.73 Å². The zero-order chi connectivity index (χ0) is 10.4. The third kappa shape index (κ3) is 199. The van der Waals surface area contributed by atoms with E-state index in [0.717, 1.165) is 6.08 Å². The van der Waals surface area contributed by atoms with Crippen molar-refractivity contribution in [3.8, 4) is 0 Å². The maximum absolute atomic E-state index is 9.25. The highest BCUT2D eigenvalue weighted by Gasteiger charge is 1.73. The lowest BCUT2D eigenvalue weighted by Crippen LogP contribution is -2.03. The average molecular weight is 174 g/mol. The first-order valence-corrected chi connectivity index (χ1v) is 2.75. The molecule has 0 spiro atoms. The summed E-state index contributed by atoms with van der Waals surface area (Å²) in [5.74, 6) is 7.27. The standard InChI is InChI=1S/C4H6.C3H4O2.H4N2O/c1-3-4-2;1-2-3(4)5;1-3-2/h3-4H,1-2H2;2H,1H2,(H,4,5);1-2H2. The summed E-state index contributed by atoms with van der Waals surface area (Å²) in [7, 11) is 0. The molecule has 0 aliphatic rings. The quantitative estimate of drug-likeness (QED) is 0.319. The highest BCUT2D eigenvalue weighted by Crippen LogP contribution is 1.54. The van der Waals surface area contributed by atoms with Crippen LogP contribution in [-0.2, 0) is 9.73 Å². The lowest BCUT2D eigenvalue weighted by Gasteiger charge is -1.64. The van der Waals surface area contributed by atoms with Crippen molar-refractivity contribution >= 4 is 5.97 Å². The number of carboxylic acids is 1. The number of allylic oxidation sites excluding steroid dienone is 2. The van der Waals surface area contributed by atoms with E-state index in [2.05, 4.69) is 36.5 Å². The first kappa shape index (κ1) is 16.9. The van der Waals surface area contributed by atoms with E-state index in [-0.39, 0.29) is 0 Å². The van der Waals surface area contributed by atoms with Crippen molar-refractivity contribution in [1.29, 1.82) is 0 Å². The number of rotatable bonds is 2. The number of hydrogen-bond donors (Lipinski definition) is 3. The highest BCUT2D eigenvalue weighted by atomic mass is 16.7. The minimum atomic E-state index is -0.981. The van der Waals surface area contributed by atoms with Gasteiger partial charge in [0.25, 0.3) is 0 Å². The Morgan fingerprint density at radius 2 is 1.42 bits per heavy atom. The van der Waals surface area contributed by atoms with Gasteiger partial charge in [-0.15, -0.1) is 0 Å². The zero-order valence-electron chi connectivity index (χ0n) is 6.77. The number of nitrogens with two attached hydrogens (primary N) is 2. The molecular weight excluding hydrogens is 160 g/mol. The molecule has 0 aliphatic heterocycles. The Morgan fingerprint density at radius 3 is 1.42 bits per heavy atom. The Balaban J connectivity index is -0.000000105. The van der Waals surface area contributed by atoms with Gasteiger partial charge in [0.2, 0.25) is 0 Å². The van der Waals surface area contributed by atoms with Crippen molar-refractivity contribution in [1.82, 2.24) is 0 Å². The van der Waals surface area contributed by atoms with Crippen molar-refractivity contribution < 1.29 is 14.8 Å². The maximum Gasteiger partial charge on any atom is 0.327 e. The smallest absolute Gasteiger partial charge is 0.327 e. The summed E-state index contributed by atoms with van der Waals surface area (Å²) in [5, 5.41) is 7.60. The fraction of sp³-hybridized carbons (Fsp3) is 0. The van der Waals surface area contributed by atoms with Crippen molar-refractivity contribution in [2.45, 2.75) is 0 Å². The molecule has 70 valence electrons. The molecular formula is C7H14N2O3. The molecule has 0 aromatic heterocycles. The maximum atomic E-state index is 9.25. The molecule has 0 rings (SSSR count). The molecule has 0 bridgehead atoms. The summed E-state index contributed by atoms with van der Waals surface area (Å²) in [6.45, 7) is 9.68. The summed E-state index contributed by atoms with van der Waals surface area (Å²) in [6.07, 6.45) is 4.11. The minimum absolute atomic E-state index is 0.833. The Hall–Kier alpha value is -1.43. The van der Waals surface area contributed by atoms with E-state index in [0.29, 0.717) is 0 Å². The van der Waals surface area contributed by atoms with Gasteiger partial charge in [0, 0.05) is 6.08 Å². The molecule has 0 aliphatic carbocycles. The molecule has 0 fully saturated rings. The third-order valence-corrected chi connectivity index (χ3v) is 0.341. The lowest BCUT2D eigenvalue weighted by atomic mass is 10.6. The molecule has 0 aromatic rings. The summed E-state index contributed by atoms with van der Waals surface area (Å²) < 4.78 is 0. The van der Waals surface area contributed by atoms with E-state index >= 15 is 0 Å². The van der Waals surface area contributed by atoms with Gasteiger partial charge in [-0.05, 0) is 0 Å². The SMILES string of the molecule is C=CC(=O)O.C=CC=C.NON. The Labute approximate surface area is 71.5 Å². The van der Waals surface area contributed by atoms with E-state index in [1.54, 1.807) is 12.2 Å². The number of carboxylic acid groups (broad SMARTS) is 1. The molecule has 5 nitrogen and oxygen atoms in total. The second-order valence-electron chi connectivity index (χ2n) is 1.15. The molecule has 0 heterocycles. The molecule has 0 aromatic carbocycles. The first-order valence-electron chi connectivity index (χ1n) is 2.75. The summed E-state index contributed by atoms with van der Waals surface area (Å²) in [4.78, 5) is 12.5. The summed E-state index contributed by atoms with van der Waals surface area (Å²) in [5.41, 5.74) is 0. The van der Waals surface area contributed by atoms with Crippen LogP contribution in [0.4, 0.5) is 0 Å². The van der Waals surface area contributed by atoms with Crippen LogP contribution >= 0.6 is 0 Å². The minimum Gasteiger partial charge on any atom is -0.478 e. The van der Waals surface area contributed by atoms with E-state index in [9.17, 15) is 4.79 Å². The van der Waals surface area contributed by atoms with Crippen molar-refractivity contribution in [3.05, 3.63) is 38.0 Å². The van der Waals surface area contributed by atoms with Crippen LogP contribution in [0.15, 0.2) is 38.0 Å². The van der Waals surface area contributed by atoms with E-state index in [1.807, 2.05) is 0 Å². The van der Waals surface area contributed by atoms with Crippen LogP contribution in [0.25, 0.3) is 0 Å². The van der Waals surface area contributed by atoms with Crippen LogP contribution in [-0.4, -0.2) is 11.1 Å². The fourth-order valence-corrected chi connectivity index (χ4v) is 0. The number of carbonyl (C=O) groups is 1. The van der Waals surface area contributed by atoms with Crippen LogP contribution < -0.4 is 11.8 Å². The van der Waals surface area contributed by atoms with Gasteiger partial charge in [-0.2, -0.15) is 11.8 Å². The predicted molar refractivity (Wildman–Crippen MR) is 47.7 cm³/mol. The van der Waals surface area contributed by atoms with Crippen LogP contribution in [0.1, 0.15) is 0 Å². The Bertz CT molecular complexity index is 129. The van der Waals surface area contributed by atoms with E-state index < -0.39 is 5.97 Å². The highest BCUT2D eigenvalue weighted by molar-refractivity contribution is 5.78. The molecule has 5 heteroatoms. The van der Waals surface area contributed by atoms with Gasteiger partial charge in [0.05, 0.1) is 0 Å². The fourth-order valence-electron chi connectivity index (χ4n) is 0. The Kier molecular flexibility index (Phi) is 31.9. The van der Waals surface area contributed by atoms with Crippen LogP contribution in [0, 0.1) is 0 Å². The van der Waals surface area contributed by atoms with Crippen LogP contribution in [0.3, 0.4) is 0 Å². The van der Waals surface area contributed by atoms with Gasteiger partial charge in [-0.1, -0.05) is 31.9 Å². The molecule has 5 N–H and O–H groups in total. The molecule has 0 radical (unpaired) electrons. The number of aliphatic carboxylic acids is 1. The zero-order valence-corrected chi connectivity index (χ0v) is 6.77. The van der Waals surface area contributed by atoms with Crippen LogP contribution in [0.5, 0.6) is 0 Å². The van der Waals surface area contributed by atoms with Crippen molar-refractivity contribution in [3.63, 3.8) is 0 Å². The van der Waals surface area contributed by atoms with Crippen molar-refractivity contribution in [2.24, 2.45) is 11.8 Å². The van der Waals surface area contributed by atoms with E-state index in [4.69, 9.17) is 5.11 Å². The topological polar surface area (TPSA) is 98.6 Å². The molecule has 0 amide bonds. The van der Waals surface area contributed by atoms with Crippen molar-refractivity contribution in [2.75, 3.05) is 0 Å². The number of hydrogen-bond acceptors (Lipinski definition) is 4. The van der Waals surface area contributed by atoms with Gasteiger partial charge < -0.3 is 5.11 Å². The average Bonchev–Trinajstić information content (AvgIpc) is 2.06. The van der Waals surface area contributed by atoms with E-state index in [1.165, 1.54) is 0 Å². The summed E-state index contributed by atoms with van der Waals surface area (Å²) in [6, 6.07) is 0. The van der Waals surface area contributed by atoms with Crippen LogP contribution in [0.2, 0.25) is 0 Å². The molecule has 12 heavy (non-hydrogen) atoms. The molecule has 0 unspecified atom stereocenters. The lowest BCUT2D eigenvalue weighted by molar-refractivity contribution is -0.131. The summed E-state index contributed by atoms with van der Waals surface area (Å²) >= 11 is 0. The second-order valence-corrected chi connectivity index (χ2v) is 1.15. The molecule has 0 saturated carbocycles. The molecule has 0 atom stereocenters. The monoisotopic (exact) mass is 174 g/mol. The molecule has 0 saturated heterocycles. The Morgan fingerprint density at radius 1 is 1.25 bits per heavy atom.